The molecule has 2 atom stereocenters. The van der Waals surface area contributed by atoms with Gasteiger partial charge < -0.3 is 14.7 Å². The SMILES string of the molecule is CC(CCC1(O)/C(=C\c2ccc(N(C)C)cc2)C(=O)c2ccccc21)Oc1ccccc1. The predicted molar refractivity (Wildman–Crippen MR) is 129 cm³/mol. The number of anilines is 1. The first-order valence-corrected chi connectivity index (χ1v) is 11.0. The van der Waals surface area contributed by atoms with E-state index in [0.29, 0.717) is 29.5 Å². The molecule has 0 aliphatic heterocycles. The van der Waals surface area contributed by atoms with Gasteiger partial charge in [-0.05, 0) is 61.2 Å². The van der Waals surface area contributed by atoms with Gasteiger partial charge in [0.2, 0.25) is 0 Å². The number of para-hydroxylation sites is 1. The molecule has 0 saturated carbocycles. The van der Waals surface area contributed by atoms with Gasteiger partial charge in [-0.15, -0.1) is 0 Å². The van der Waals surface area contributed by atoms with Crippen molar-refractivity contribution in [3.8, 4) is 5.75 Å². The van der Waals surface area contributed by atoms with Crippen LogP contribution in [0.3, 0.4) is 0 Å². The van der Waals surface area contributed by atoms with Crippen molar-refractivity contribution in [3.63, 3.8) is 0 Å². The predicted octanol–water partition coefficient (Wildman–Crippen LogP) is 5.47. The van der Waals surface area contributed by atoms with Gasteiger partial charge in [0.25, 0.3) is 0 Å². The third-order valence-electron chi connectivity index (χ3n) is 6.02. The molecule has 2 unspecified atom stereocenters. The van der Waals surface area contributed by atoms with Crippen LogP contribution in [0.2, 0.25) is 0 Å². The van der Waals surface area contributed by atoms with E-state index < -0.39 is 5.60 Å². The fourth-order valence-corrected chi connectivity index (χ4v) is 4.21. The van der Waals surface area contributed by atoms with E-state index in [1.54, 1.807) is 6.07 Å². The number of benzene rings is 3. The molecule has 0 amide bonds. The molecule has 32 heavy (non-hydrogen) atoms. The highest BCUT2D eigenvalue weighted by Gasteiger charge is 2.46. The van der Waals surface area contributed by atoms with E-state index in [-0.39, 0.29) is 11.9 Å². The summed E-state index contributed by atoms with van der Waals surface area (Å²) in [5.41, 5.74) is 2.29. The molecule has 1 aliphatic carbocycles. The lowest BCUT2D eigenvalue weighted by atomic mass is 9.85. The molecule has 1 aliphatic rings. The molecule has 0 fully saturated rings. The lowest BCUT2D eigenvalue weighted by Gasteiger charge is -2.27. The Kier molecular flexibility index (Phi) is 6.15. The Labute approximate surface area is 189 Å². The number of aliphatic hydroxyl groups is 1. The minimum atomic E-state index is -1.35. The minimum Gasteiger partial charge on any atom is -0.491 e. The number of ether oxygens (including phenoxy) is 1. The lowest BCUT2D eigenvalue weighted by molar-refractivity contribution is 0.0546. The maximum atomic E-state index is 13.3. The summed E-state index contributed by atoms with van der Waals surface area (Å²) in [7, 11) is 3.98. The van der Waals surface area contributed by atoms with Crippen LogP contribution in [0.1, 0.15) is 41.3 Å². The van der Waals surface area contributed by atoms with E-state index in [4.69, 9.17) is 4.74 Å². The fraction of sp³-hybridized carbons (Fsp3) is 0.250. The quantitative estimate of drug-likeness (QED) is 0.508. The first kappa shape index (κ1) is 21.8. The Morgan fingerprint density at radius 1 is 0.969 bits per heavy atom. The van der Waals surface area contributed by atoms with Crippen molar-refractivity contribution in [2.24, 2.45) is 0 Å². The summed E-state index contributed by atoms with van der Waals surface area (Å²) in [4.78, 5) is 15.3. The van der Waals surface area contributed by atoms with Gasteiger partial charge >= 0.3 is 0 Å². The van der Waals surface area contributed by atoms with Crippen LogP contribution in [0.5, 0.6) is 5.75 Å². The van der Waals surface area contributed by atoms with Gasteiger partial charge in [-0.25, -0.2) is 0 Å². The molecule has 3 aromatic rings. The maximum absolute atomic E-state index is 13.3. The Morgan fingerprint density at radius 3 is 2.31 bits per heavy atom. The first-order valence-electron chi connectivity index (χ1n) is 11.0. The average molecular weight is 428 g/mol. The van der Waals surface area contributed by atoms with E-state index >= 15 is 0 Å². The average Bonchev–Trinajstić information content (AvgIpc) is 3.01. The van der Waals surface area contributed by atoms with Gasteiger partial charge in [-0.1, -0.05) is 54.6 Å². The van der Waals surface area contributed by atoms with Crippen molar-refractivity contribution in [1.82, 2.24) is 0 Å². The van der Waals surface area contributed by atoms with E-state index in [2.05, 4.69) is 0 Å². The molecular weight excluding hydrogens is 398 g/mol. The van der Waals surface area contributed by atoms with Crippen molar-refractivity contribution in [3.05, 3.63) is 101 Å². The van der Waals surface area contributed by atoms with Crippen LogP contribution in [-0.4, -0.2) is 31.1 Å². The largest absolute Gasteiger partial charge is 0.491 e. The summed E-state index contributed by atoms with van der Waals surface area (Å²) in [6.45, 7) is 1.99. The first-order chi connectivity index (χ1) is 15.4. The molecule has 0 bridgehead atoms. The second-order valence-corrected chi connectivity index (χ2v) is 8.56. The monoisotopic (exact) mass is 427 g/mol. The van der Waals surface area contributed by atoms with Gasteiger partial charge in [-0.2, -0.15) is 0 Å². The summed E-state index contributed by atoms with van der Waals surface area (Å²) < 4.78 is 6.00. The zero-order valence-corrected chi connectivity index (χ0v) is 18.8. The zero-order valence-electron chi connectivity index (χ0n) is 18.8. The van der Waals surface area contributed by atoms with Gasteiger partial charge in [0.15, 0.2) is 5.78 Å². The molecule has 0 heterocycles. The van der Waals surface area contributed by atoms with Crippen LogP contribution in [0.25, 0.3) is 6.08 Å². The fourth-order valence-electron chi connectivity index (χ4n) is 4.21. The van der Waals surface area contributed by atoms with Gasteiger partial charge in [0.05, 0.1) is 6.10 Å². The van der Waals surface area contributed by atoms with Crippen LogP contribution in [0.4, 0.5) is 5.69 Å². The van der Waals surface area contributed by atoms with Gasteiger partial charge in [-0.3, -0.25) is 4.79 Å². The third-order valence-corrected chi connectivity index (χ3v) is 6.02. The van der Waals surface area contributed by atoms with Crippen molar-refractivity contribution in [2.75, 3.05) is 19.0 Å². The molecule has 1 N–H and O–H groups in total. The standard InChI is InChI=1S/C28H29NO3/c1-20(32-23-9-5-4-6-10-23)17-18-28(31)25-12-8-7-11-24(25)27(30)26(28)19-21-13-15-22(16-14-21)29(2)3/h4-16,19-20,31H,17-18H2,1-3H3/b26-19-. The van der Waals surface area contributed by atoms with Crippen LogP contribution < -0.4 is 9.64 Å². The van der Waals surface area contributed by atoms with E-state index in [1.807, 2.05) is 105 Å². The molecule has 0 radical (unpaired) electrons. The topological polar surface area (TPSA) is 49.8 Å². The van der Waals surface area contributed by atoms with E-state index in [1.165, 1.54) is 0 Å². The summed E-state index contributed by atoms with van der Waals surface area (Å²) in [5, 5.41) is 11.8. The van der Waals surface area contributed by atoms with E-state index in [9.17, 15) is 9.90 Å². The number of hydrogen-bond donors (Lipinski definition) is 1. The summed E-state index contributed by atoms with van der Waals surface area (Å²) in [6.07, 6.45) is 2.71. The molecular formula is C28H29NO3. The van der Waals surface area contributed by atoms with E-state index in [0.717, 1.165) is 17.0 Å². The number of carbonyl (C=O) groups excluding carboxylic acids is 1. The highest BCUT2D eigenvalue weighted by atomic mass is 16.5. The molecule has 0 spiro atoms. The minimum absolute atomic E-state index is 0.107. The van der Waals surface area contributed by atoms with Crippen LogP contribution >= 0.6 is 0 Å². The lowest BCUT2D eigenvalue weighted by Crippen LogP contribution is -2.28. The number of rotatable bonds is 7. The second kappa shape index (κ2) is 9.01. The van der Waals surface area contributed by atoms with Crippen molar-refractivity contribution >= 4 is 17.5 Å². The van der Waals surface area contributed by atoms with Crippen LogP contribution in [0, 0.1) is 0 Å². The van der Waals surface area contributed by atoms with Gasteiger partial charge in [0, 0.05) is 30.9 Å². The number of carbonyl (C=O) groups is 1. The van der Waals surface area contributed by atoms with Crippen molar-refractivity contribution < 1.29 is 14.6 Å². The number of fused-ring (bicyclic) bond motifs is 1. The summed E-state index contributed by atoms with van der Waals surface area (Å²) >= 11 is 0. The highest BCUT2D eigenvalue weighted by molar-refractivity contribution is 6.17. The Bertz CT molecular complexity index is 1120. The molecule has 4 nitrogen and oxygen atoms in total. The molecule has 164 valence electrons. The Morgan fingerprint density at radius 2 is 1.62 bits per heavy atom. The number of ketones is 1. The molecule has 0 saturated heterocycles. The second-order valence-electron chi connectivity index (χ2n) is 8.56. The van der Waals surface area contributed by atoms with Crippen molar-refractivity contribution in [1.29, 1.82) is 0 Å². The Hall–Kier alpha value is -3.37. The number of nitrogens with zero attached hydrogens (tertiary/aromatic N) is 1. The molecule has 4 heteroatoms. The zero-order chi connectivity index (χ0) is 22.7. The Balaban J connectivity index is 1.62. The third kappa shape index (κ3) is 4.32. The smallest absolute Gasteiger partial charge is 0.192 e. The maximum Gasteiger partial charge on any atom is 0.192 e. The summed E-state index contributed by atoms with van der Waals surface area (Å²) in [6, 6.07) is 25.0. The van der Waals surface area contributed by atoms with Crippen LogP contribution in [-0.2, 0) is 5.60 Å². The molecule has 4 rings (SSSR count). The molecule has 3 aromatic carbocycles. The van der Waals surface area contributed by atoms with Crippen LogP contribution in [0.15, 0.2) is 84.4 Å². The number of Topliss-reactive ketones (excluding diaryl/α,β-unsaturated/α-hetero) is 1. The molecule has 0 aromatic heterocycles. The van der Waals surface area contributed by atoms with Crippen molar-refractivity contribution in [2.45, 2.75) is 31.5 Å². The summed E-state index contributed by atoms with van der Waals surface area (Å²) in [5.74, 6) is 0.683. The highest BCUT2D eigenvalue weighted by Crippen LogP contribution is 2.45. The normalized spacial score (nSPS) is 19.6. The van der Waals surface area contributed by atoms with Gasteiger partial charge in [0.1, 0.15) is 11.4 Å². The number of hydrogen-bond acceptors (Lipinski definition) is 4.